The molecule has 0 saturated carbocycles. The molecule has 1 fully saturated rings. The van der Waals surface area contributed by atoms with Gasteiger partial charge in [0.2, 0.25) is 0 Å². The summed E-state index contributed by atoms with van der Waals surface area (Å²) in [5, 5.41) is 28.8. The number of hydrogen-bond donors (Lipinski definition) is 2. The fourth-order valence-electron chi connectivity index (χ4n) is 3.35. The van der Waals surface area contributed by atoms with Crippen LogP contribution in [0.2, 0.25) is 0 Å². The van der Waals surface area contributed by atoms with Crippen molar-refractivity contribution in [3.8, 4) is 16.5 Å². The van der Waals surface area contributed by atoms with Crippen molar-refractivity contribution in [1.29, 1.82) is 5.26 Å². The fourth-order valence-corrected chi connectivity index (χ4v) is 4.22. The van der Waals surface area contributed by atoms with Crippen molar-refractivity contribution in [3.05, 3.63) is 59.0 Å². The summed E-state index contributed by atoms with van der Waals surface area (Å²) in [6.45, 7) is 0.821. The van der Waals surface area contributed by atoms with E-state index in [2.05, 4.69) is 21.3 Å². The van der Waals surface area contributed by atoms with E-state index in [1.165, 1.54) is 11.3 Å². The number of amides is 1. The monoisotopic (exact) mass is 379 g/mol. The topological polar surface area (TPSA) is 106 Å². The Bertz CT molecular complexity index is 997. The van der Waals surface area contributed by atoms with Gasteiger partial charge in [-0.15, -0.1) is 11.3 Å². The van der Waals surface area contributed by atoms with Crippen LogP contribution in [-0.4, -0.2) is 44.2 Å². The third-order valence-corrected chi connectivity index (χ3v) is 5.86. The van der Waals surface area contributed by atoms with Gasteiger partial charge < -0.3 is 10.0 Å². The number of rotatable bonds is 3. The number of likely N-dealkylation sites (tertiary alicyclic amines) is 1. The van der Waals surface area contributed by atoms with Crippen LogP contribution in [0.4, 0.5) is 0 Å². The normalized spacial score (nSPS) is 16.1. The van der Waals surface area contributed by atoms with Crippen molar-refractivity contribution >= 4 is 17.2 Å². The molecule has 0 radical (unpaired) electrons. The van der Waals surface area contributed by atoms with Crippen LogP contribution in [0.1, 0.15) is 34.5 Å². The largest absolute Gasteiger partial charge is 0.383 e. The molecule has 0 atom stereocenters. The quantitative estimate of drug-likeness (QED) is 0.727. The number of nitrogens with zero attached hydrogens (tertiary/aromatic N) is 4. The van der Waals surface area contributed by atoms with Crippen molar-refractivity contribution in [3.63, 3.8) is 0 Å². The lowest BCUT2D eigenvalue weighted by Crippen LogP contribution is -2.45. The Morgan fingerprint density at radius 2 is 2.22 bits per heavy atom. The molecule has 8 heteroatoms. The highest BCUT2D eigenvalue weighted by atomic mass is 32.1. The predicted molar refractivity (Wildman–Crippen MR) is 99.9 cm³/mol. The molecule has 3 aromatic rings. The fraction of sp³-hybridized carbons (Fsp3) is 0.263. The minimum atomic E-state index is -1.18. The molecule has 4 heterocycles. The molecule has 0 spiro atoms. The molecule has 4 rings (SSSR count). The zero-order valence-corrected chi connectivity index (χ0v) is 15.2. The number of aromatic amines is 1. The summed E-state index contributed by atoms with van der Waals surface area (Å²) in [4.78, 5) is 19.8. The molecule has 3 aromatic heterocycles. The second-order valence-electron chi connectivity index (χ2n) is 6.52. The van der Waals surface area contributed by atoms with Gasteiger partial charge in [-0.05, 0) is 31.0 Å². The van der Waals surface area contributed by atoms with E-state index in [-0.39, 0.29) is 5.91 Å². The SMILES string of the molecule is N#Cc1cccnc1C1(O)CCN(C(=O)c2csc(-c3cn[nH]c3)c2)CC1. The lowest BCUT2D eigenvalue weighted by molar-refractivity contribution is -0.0246. The Hall–Kier alpha value is -3.02. The maximum absolute atomic E-state index is 12.8. The molecule has 1 aliphatic rings. The number of aliphatic hydroxyl groups is 1. The van der Waals surface area contributed by atoms with Crippen LogP contribution in [0.3, 0.4) is 0 Å². The van der Waals surface area contributed by atoms with Gasteiger partial charge in [-0.1, -0.05) is 0 Å². The summed E-state index contributed by atoms with van der Waals surface area (Å²) in [6, 6.07) is 7.28. The van der Waals surface area contributed by atoms with E-state index in [0.29, 0.717) is 42.8 Å². The van der Waals surface area contributed by atoms with E-state index in [1.807, 2.05) is 11.4 Å². The Kier molecular flexibility index (Phi) is 4.48. The van der Waals surface area contributed by atoms with Crippen molar-refractivity contribution in [1.82, 2.24) is 20.1 Å². The second kappa shape index (κ2) is 6.95. The van der Waals surface area contributed by atoms with E-state index < -0.39 is 5.60 Å². The van der Waals surface area contributed by atoms with E-state index in [4.69, 9.17) is 0 Å². The van der Waals surface area contributed by atoms with Crippen molar-refractivity contribution in [2.45, 2.75) is 18.4 Å². The molecule has 2 N–H and O–H groups in total. The Labute approximate surface area is 159 Å². The van der Waals surface area contributed by atoms with E-state index in [0.717, 1.165) is 10.4 Å². The minimum absolute atomic E-state index is 0.0513. The summed E-state index contributed by atoms with van der Waals surface area (Å²) in [7, 11) is 0. The number of nitrogens with one attached hydrogen (secondary N) is 1. The number of piperidine rings is 1. The van der Waals surface area contributed by atoms with Crippen molar-refractivity contribution in [2.75, 3.05) is 13.1 Å². The van der Waals surface area contributed by atoms with E-state index >= 15 is 0 Å². The first-order chi connectivity index (χ1) is 13.1. The van der Waals surface area contributed by atoms with Gasteiger partial charge in [-0.2, -0.15) is 10.4 Å². The van der Waals surface area contributed by atoms with Crippen LogP contribution in [0.5, 0.6) is 0 Å². The Morgan fingerprint density at radius 1 is 1.41 bits per heavy atom. The minimum Gasteiger partial charge on any atom is -0.383 e. The van der Waals surface area contributed by atoms with Crippen molar-refractivity contribution in [2.24, 2.45) is 0 Å². The number of nitriles is 1. The van der Waals surface area contributed by atoms with Crippen LogP contribution in [0.25, 0.3) is 10.4 Å². The zero-order valence-electron chi connectivity index (χ0n) is 14.4. The third kappa shape index (κ3) is 3.23. The summed E-state index contributed by atoms with van der Waals surface area (Å²) in [6.07, 6.45) is 5.79. The van der Waals surface area contributed by atoms with Crippen LogP contribution >= 0.6 is 11.3 Å². The van der Waals surface area contributed by atoms with Crippen LogP contribution < -0.4 is 0 Å². The zero-order chi connectivity index (χ0) is 18.9. The van der Waals surface area contributed by atoms with Crippen LogP contribution in [-0.2, 0) is 5.60 Å². The number of carbonyl (C=O) groups excluding carboxylic acids is 1. The molecule has 1 amide bonds. The molecular formula is C19H17N5O2S. The Balaban J connectivity index is 1.48. The maximum atomic E-state index is 12.8. The predicted octanol–water partition coefficient (Wildman–Crippen LogP) is 2.53. The Morgan fingerprint density at radius 3 is 2.93 bits per heavy atom. The third-order valence-electron chi connectivity index (χ3n) is 4.88. The summed E-state index contributed by atoms with van der Waals surface area (Å²) in [5.74, 6) is -0.0513. The molecule has 7 nitrogen and oxygen atoms in total. The van der Waals surface area contributed by atoms with Crippen molar-refractivity contribution < 1.29 is 9.90 Å². The number of pyridine rings is 1. The first kappa shape index (κ1) is 17.4. The average molecular weight is 379 g/mol. The molecule has 136 valence electrons. The van der Waals surface area contributed by atoms with Gasteiger partial charge in [0.05, 0.1) is 23.0 Å². The summed E-state index contributed by atoms with van der Waals surface area (Å²) in [5.41, 5.74) is 1.18. The highest BCUT2D eigenvalue weighted by Crippen LogP contribution is 2.34. The molecule has 0 bridgehead atoms. The van der Waals surface area contributed by atoms with Crippen LogP contribution in [0, 0.1) is 11.3 Å². The number of aromatic nitrogens is 3. The van der Waals surface area contributed by atoms with Gasteiger partial charge in [0.25, 0.3) is 5.91 Å². The molecule has 1 aliphatic heterocycles. The molecule has 0 unspecified atom stereocenters. The van der Waals surface area contributed by atoms with E-state index in [1.54, 1.807) is 35.6 Å². The molecule has 0 aliphatic carbocycles. The van der Waals surface area contributed by atoms with Crippen LogP contribution in [0.15, 0.2) is 42.2 Å². The number of hydrogen-bond acceptors (Lipinski definition) is 6. The number of H-pyrrole nitrogens is 1. The van der Waals surface area contributed by atoms with Gasteiger partial charge in [0.15, 0.2) is 0 Å². The number of carbonyl (C=O) groups is 1. The standard InChI is InChI=1S/C19H17N5O2S/c20-9-13-2-1-5-21-17(13)19(26)3-6-24(7-4-19)18(25)14-8-16(27-12-14)15-10-22-23-11-15/h1-2,5,8,10-12,26H,3-4,6-7H2,(H,22,23). The average Bonchev–Trinajstić information content (AvgIpc) is 3.39. The highest BCUT2D eigenvalue weighted by molar-refractivity contribution is 7.13. The summed E-state index contributed by atoms with van der Waals surface area (Å²) < 4.78 is 0. The summed E-state index contributed by atoms with van der Waals surface area (Å²) >= 11 is 1.50. The molecule has 27 heavy (non-hydrogen) atoms. The lowest BCUT2D eigenvalue weighted by Gasteiger charge is -2.38. The van der Waals surface area contributed by atoms with Gasteiger partial charge in [-0.3, -0.25) is 14.9 Å². The first-order valence-electron chi connectivity index (χ1n) is 8.56. The number of thiophene rings is 1. The van der Waals surface area contributed by atoms with Gasteiger partial charge in [0.1, 0.15) is 11.7 Å². The first-order valence-corrected chi connectivity index (χ1v) is 9.43. The van der Waals surface area contributed by atoms with Gasteiger partial charge in [-0.25, -0.2) is 0 Å². The van der Waals surface area contributed by atoms with Gasteiger partial charge >= 0.3 is 0 Å². The molecule has 0 aromatic carbocycles. The van der Waals surface area contributed by atoms with E-state index in [9.17, 15) is 15.2 Å². The molecular weight excluding hydrogens is 362 g/mol. The molecule has 1 saturated heterocycles. The van der Waals surface area contributed by atoms with Gasteiger partial charge in [0, 0.05) is 41.3 Å². The highest BCUT2D eigenvalue weighted by Gasteiger charge is 2.38. The maximum Gasteiger partial charge on any atom is 0.254 e. The smallest absolute Gasteiger partial charge is 0.254 e. The second-order valence-corrected chi connectivity index (χ2v) is 7.43. The lowest BCUT2D eigenvalue weighted by atomic mass is 9.85.